The van der Waals surface area contributed by atoms with Crippen molar-refractivity contribution in [1.29, 1.82) is 0 Å². The van der Waals surface area contributed by atoms with Crippen molar-refractivity contribution < 1.29 is 19.1 Å². The van der Waals surface area contributed by atoms with E-state index in [9.17, 15) is 9.59 Å². The summed E-state index contributed by atoms with van der Waals surface area (Å²) in [5.41, 5.74) is 1.10. The van der Waals surface area contributed by atoms with E-state index in [2.05, 4.69) is 32.6 Å². The van der Waals surface area contributed by atoms with Crippen LogP contribution < -0.4 is 15.0 Å². The summed E-state index contributed by atoms with van der Waals surface area (Å²) in [4.78, 5) is 32.8. The first kappa shape index (κ1) is 23.5. The number of carbonyl (C=O) groups excluding carboxylic acids is 2. The molecule has 2 atom stereocenters. The van der Waals surface area contributed by atoms with Gasteiger partial charge in [-0.2, -0.15) is 0 Å². The molecule has 2 aromatic rings. The number of hydrogen-bond acceptors (Lipinski definition) is 7. The summed E-state index contributed by atoms with van der Waals surface area (Å²) in [7, 11) is 1.70. The average molecular weight is 473 g/mol. The third-order valence-corrected chi connectivity index (χ3v) is 7.24. The number of methoxy groups -OCH3 is 1. The second-order valence-corrected chi connectivity index (χ2v) is 9.30. The lowest BCUT2D eigenvalue weighted by Crippen LogP contribution is -2.54. The minimum Gasteiger partial charge on any atom is -0.495 e. The Morgan fingerprint density at radius 3 is 2.42 bits per heavy atom. The fourth-order valence-electron chi connectivity index (χ4n) is 4.59. The number of benzene rings is 1. The maximum Gasteiger partial charge on any atom is 0.312 e. The first-order chi connectivity index (χ1) is 16.1. The summed E-state index contributed by atoms with van der Waals surface area (Å²) < 4.78 is 10.8. The fourth-order valence-corrected chi connectivity index (χ4v) is 5.56. The van der Waals surface area contributed by atoms with Gasteiger partial charge in [0.2, 0.25) is 0 Å². The van der Waals surface area contributed by atoms with Gasteiger partial charge in [-0.25, -0.2) is 0 Å². The van der Waals surface area contributed by atoms with Crippen LogP contribution in [-0.2, 0) is 14.3 Å². The van der Waals surface area contributed by atoms with Gasteiger partial charge in [0.1, 0.15) is 5.75 Å². The molecule has 33 heavy (non-hydrogen) atoms. The molecule has 9 heteroatoms. The number of nitrogens with one attached hydrogen (secondary N) is 1. The maximum absolute atomic E-state index is 12.7. The number of rotatable bonds is 6. The maximum atomic E-state index is 12.7. The normalized spacial score (nSPS) is 19.1. The smallest absolute Gasteiger partial charge is 0.312 e. The number of para-hydroxylation sites is 2. The highest BCUT2D eigenvalue weighted by Gasteiger charge is 2.33. The van der Waals surface area contributed by atoms with Gasteiger partial charge in [0.05, 0.1) is 32.1 Å². The molecule has 0 bridgehead atoms. The van der Waals surface area contributed by atoms with Gasteiger partial charge in [-0.1, -0.05) is 18.2 Å². The zero-order chi connectivity index (χ0) is 23.2. The summed E-state index contributed by atoms with van der Waals surface area (Å²) in [6.07, 6.45) is 0. The van der Waals surface area contributed by atoms with E-state index in [0.717, 1.165) is 37.6 Å². The molecule has 1 aromatic carbocycles. The van der Waals surface area contributed by atoms with Crippen LogP contribution in [0.3, 0.4) is 0 Å². The molecule has 1 aromatic heterocycles. The van der Waals surface area contributed by atoms with E-state index in [1.807, 2.05) is 31.2 Å². The number of thiophene rings is 1. The zero-order valence-electron chi connectivity index (χ0n) is 19.2. The van der Waals surface area contributed by atoms with Gasteiger partial charge in [-0.05, 0) is 30.5 Å². The van der Waals surface area contributed by atoms with Crippen molar-refractivity contribution in [3.05, 3.63) is 46.7 Å². The molecule has 0 spiro atoms. The summed E-state index contributed by atoms with van der Waals surface area (Å²) in [5.74, 6) is -0.141. The highest BCUT2D eigenvalue weighted by atomic mass is 32.1. The Morgan fingerprint density at radius 2 is 1.76 bits per heavy atom. The standard InChI is InChI=1S/C24H32N4O4S/c1-18(25-23(29)24(30)28-13-15-32-16-14-28)22(21-8-5-17-33-21)27-11-9-26(10-12-27)19-6-3-4-7-20(19)31-2/h3-8,17-18,22H,9-16H2,1-2H3,(H,25,29)/t18-,22-/m1/s1. The molecule has 2 aliphatic rings. The number of piperazine rings is 1. The van der Waals surface area contributed by atoms with Crippen molar-refractivity contribution in [2.75, 3.05) is 64.5 Å². The molecule has 0 saturated carbocycles. The van der Waals surface area contributed by atoms with Gasteiger partial charge < -0.3 is 24.6 Å². The number of hydrogen-bond donors (Lipinski definition) is 1. The van der Waals surface area contributed by atoms with E-state index in [1.54, 1.807) is 23.3 Å². The summed E-state index contributed by atoms with van der Waals surface area (Å²) >= 11 is 1.68. The Balaban J connectivity index is 1.42. The van der Waals surface area contributed by atoms with Crippen molar-refractivity contribution in [2.45, 2.75) is 19.0 Å². The van der Waals surface area contributed by atoms with E-state index in [0.29, 0.717) is 26.3 Å². The number of carbonyl (C=O) groups is 2. The molecular formula is C24H32N4O4S. The van der Waals surface area contributed by atoms with Crippen molar-refractivity contribution in [2.24, 2.45) is 0 Å². The molecule has 0 unspecified atom stereocenters. The molecule has 3 heterocycles. The van der Waals surface area contributed by atoms with Gasteiger partial charge in [0.15, 0.2) is 0 Å². The van der Waals surface area contributed by atoms with Gasteiger partial charge in [0, 0.05) is 50.2 Å². The van der Waals surface area contributed by atoms with Crippen LogP contribution in [0.2, 0.25) is 0 Å². The Kier molecular flexibility index (Phi) is 7.85. The van der Waals surface area contributed by atoms with Gasteiger partial charge in [-0.3, -0.25) is 14.5 Å². The largest absolute Gasteiger partial charge is 0.495 e. The van der Waals surface area contributed by atoms with E-state index in [1.165, 1.54) is 4.88 Å². The topological polar surface area (TPSA) is 74.4 Å². The lowest BCUT2D eigenvalue weighted by atomic mass is 10.0. The SMILES string of the molecule is COc1ccccc1N1CCN([C@@H](c2cccs2)[C@@H](C)NC(=O)C(=O)N2CCOCC2)CC1. The highest BCUT2D eigenvalue weighted by Crippen LogP contribution is 2.32. The molecule has 2 amide bonds. The zero-order valence-corrected chi connectivity index (χ0v) is 20.1. The number of anilines is 1. The van der Waals surface area contributed by atoms with Crippen LogP contribution in [0.25, 0.3) is 0 Å². The second kappa shape index (κ2) is 11.0. The molecule has 2 aliphatic heterocycles. The van der Waals surface area contributed by atoms with Gasteiger partial charge >= 0.3 is 11.8 Å². The summed E-state index contributed by atoms with van der Waals surface area (Å²) in [5, 5.41) is 5.04. The first-order valence-electron chi connectivity index (χ1n) is 11.4. The van der Waals surface area contributed by atoms with Crippen molar-refractivity contribution in [1.82, 2.24) is 15.1 Å². The van der Waals surface area contributed by atoms with Crippen LogP contribution in [0, 0.1) is 0 Å². The van der Waals surface area contributed by atoms with Crippen LogP contribution in [0.15, 0.2) is 41.8 Å². The van der Waals surface area contributed by atoms with Crippen molar-refractivity contribution >= 4 is 28.8 Å². The molecular weight excluding hydrogens is 440 g/mol. The first-order valence-corrected chi connectivity index (χ1v) is 12.3. The molecule has 0 radical (unpaired) electrons. The quantitative estimate of drug-likeness (QED) is 0.649. The van der Waals surface area contributed by atoms with Crippen molar-refractivity contribution in [3.8, 4) is 5.75 Å². The minimum atomic E-state index is -0.543. The van der Waals surface area contributed by atoms with E-state index in [-0.39, 0.29) is 12.1 Å². The Bertz CT molecular complexity index is 924. The lowest BCUT2D eigenvalue weighted by Gasteiger charge is -2.42. The molecule has 178 valence electrons. The minimum absolute atomic E-state index is 0.00579. The number of nitrogens with zero attached hydrogens (tertiary/aromatic N) is 3. The summed E-state index contributed by atoms with van der Waals surface area (Å²) in [6.45, 7) is 7.26. The predicted molar refractivity (Wildman–Crippen MR) is 129 cm³/mol. The Hall–Kier alpha value is -2.62. The average Bonchev–Trinajstić information content (AvgIpc) is 3.39. The third-order valence-electron chi connectivity index (χ3n) is 6.29. The predicted octanol–water partition coefficient (Wildman–Crippen LogP) is 1.98. The Morgan fingerprint density at radius 1 is 1.03 bits per heavy atom. The molecule has 0 aliphatic carbocycles. The van der Waals surface area contributed by atoms with Crippen LogP contribution in [-0.4, -0.2) is 87.2 Å². The fraction of sp³-hybridized carbons (Fsp3) is 0.500. The number of amides is 2. The molecule has 4 rings (SSSR count). The second-order valence-electron chi connectivity index (χ2n) is 8.32. The van der Waals surface area contributed by atoms with Crippen LogP contribution in [0.4, 0.5) is 5.69 Å². The summed E-state index contributed by atoms with van der Waals surface area (Å²) in [6, 6.07) is 12.0. The van der Waals surface area contributed by atoms with E-state index in [4.69, 9.17) is 9.47 Å². The lowest BCUT2D eigenvalue weighted by molar-refractivity contribution is -0.149. The van der Waals surface area contributed by atoms with Crippen molar-refractivity contribution in [3.63, 3.8) is 0 Å². The molecule has 2 saturated heterocycles. The van der Waals surface area contributed by atoms with Gasteiger partial charge in [0.25, 0.3) is 0 Å². The monoisotopic (exact) mass is 472 g/mol. The van der Waals surface area contributed by atoms with Crippen LogP contribution >= 0.6 is 11.3 Å². The van der Waals surface area contributed by atoms with Gasteiger partial charge in [-0.15, -0.1) is 11.3 Å². The Labute approximate surface area is 199 Å². The van der Waals surface area contributed by atoms with E-state index < -0.39 is 11.8 Å². The molecule has 2 fully saturated rings. The number of ether oxygens (including phenoxy) is 2. The molecule has 8 nitrogen and oxygen atoms in total. The van der Waals surface area contributed by atoms with E-state index >= 15 is 0 Å². The number of morpholine rings is 1. The van der Waals surface area contributed by atoms with Crippen LogP contribution in [0.1, 0.15) is 17.8 Å². The highest BCUT2D eigenvalue weighted by molar-refractivity contribution is 7.10. The van der Waals surface area contributed by atoms with Crippen LogP contribution in [0.5, 0.6) is 5.75 Å². The molecule has 1 N–H and O–H groups in total. The third kappa shape index (κ3) is 5.48.